The molecule has 0 aliphatic carbocycles. The van der Waals surface area contributed by atoms with Crippen molar-refractivity contribution in [3.63, 3.8) is 0 Å². The Morgan fingerprint density at radius 1 is 0.938 bits per heavy atom. The molecule has 32 heavy (non-hydrogen) atoms. The lowest BCUT2D eigenvalue weighted by atomic mass is 9.96. The lowest BCUT2D eigenvalue weighted by Crippen LogP contribution is -2.33. The first-order valence-electron chi connectivity index (χ1n) is 10.1. The van der Waals surface area contributed by atoms with E-state index < -0.39 is 12.0 Å². The number of aliphatic carboxylic acids is 1. The number of carboxylic acid groups (broad SMARTS) is 1. The van der Waals surface area contributed by atoms with Gasteiger partial charge in [-0.25, -0.2) is 0 Å². The summed E-state index contributed by atoms with van der Waals surface area (Å²) >= 11 is 0. The summed E-state index contributed by atoms with van der Waals surface area (Å²) in [5.74, 6) is 0.00626. The highest BCUT2D eigenvalue weighted by Gasteiger charge is 2.15. The molecule has 0 spiro atoms. The number of aromatic nitrogens is 2. The Morgan fingerprint density at radius 2 is 1.59 bits per heavy atom. The van der Waals surface area contributed by atoms with Crippen LogP contribution < -0.4 is 5.32 Å². The van der Waals surface area contributed by atoms with Gasteiger partial charge in [-0.15, -0.1) is 22.6 Å². The van der Waals surface area contributed by atoms with E-state index in [1.54, 1.807) is 6.92 Å². The van der Waals surface area contributed by atoms with Crippen LogP contribution in [0.2, 0.25) is 0 Å². The molecule has 0 amide bonds. The van der Waals surface area contributed by atoms with Gasteiger partial charge in [0.15, 0.2) is 0 Å². The minimum Gasteiger partial charge on any atom is -0.480 e. The third-order valence-electron chi connectivity index (χ3n) is 5.23. The molecule has 0 unspecified atom stereocenters. The van der Waals surface area contributed by atoms with E-state index in [1.165, 1.54) is 0 Å². The van der Waals surface area contributed by atoms with Gasteiger partial charge in [0.25, 0.3) is 0 Å². The number of carboxylic acids is 1. The molecule has 0 saturated carbocycles. The van der Waals surface area contributed by atoms with Crippen LogP contribution in [-0.2, 0) is 11.3 Å². The average Bonchev–Trinajstić information content (AvgIpc) is 3.28. The van der Waals surface area contributed by atoms with E-state index in [2.05, 4.69) is 40.6 Å². The molecule has 2 N–H and O–H groups in total. The minimum atomic E-state index is -0.884. The molecule has 1 atom stereocenters. The van der Waals surface area contributed by atoms with Crippen LogP contribution in [-0.4, -0.2) is 27.3 Å². The average molecular weight is 450 g/mol. The number of benzene rings is 3. The fourth-order valence-electron chi connectivity index (χ4n) is 3.42. The highest BCUT2D eigenvalue weighted by atomic mass is 35.5. The molecule has 0 aliphatic rings. The number of rotatable bonds is 7. The maximum absolute atomic E-state index is 11.0. The van der Waals surface area contributed by atoms with Crippen molar-refractivity contribution in [1.82, 2.24) is 15.5 Å². The normalized spacial score (nSPS) is 11.6. The van der Waals surface area contributed by atoms with Crippen LogP contribution in [0.1, 0.15) is 18.1 Å². The Bertz CT molecular complexity index is 1210. The first-order valence-corrected chi connectivity index (χ1v) is 10.1. The summed E-state index contributed by atoms with van der Waals surface area (Å²) in [4.78, 5) is 11.0. The largest absolute Gasteiger partial charge is 0.480 e. The fraction of sp³-hybridized carbons (Fsp3) is 0.160. The maximum atomic E-state index is 11.0. The minimum absolute atomic E-state index is 0. The smallest absolute Gasteiger partial charge is 0.320 e. The van der Waals surface area contributed by atoms with Crippen molar-refractivity contribution >= 4 is 18.4 Å². The molecule has 0 radical (unpaired) electrons. The lowest BCUT2D eigenvalue weighted by Gasteiger charge is -2.09. The van der Waals surface area contributed by atoms with Gasteiger partial charge in [0, 0.05) is 17.7 Å². The van der Waals surface area contributed by atoms with Crippen LogP contribution in [0.5, 0.6) is 0 Å². The fourth-order valence-corrected chi connectivity index (χ4v) is 3.42. The molecule has 4 rings (SSSR count). The number of halogens is 1. The van der Waals surface area contributed by atoms with E-state index in [1.807, 2.05) is 54.6 Å². The van der Waals surface area contributed by atoms with Crippen molar-refractivity contribution in [2.75, 3.05) is 0 Å². The Labute approximate surface area is 192 Å². The second-order valence-electron chi connectivity index (χ2n) is 7.40. The van der Waals surface area contributed by atoms with Crippen molar-refractivity contribution in [1.29, 1.82) is 0 Å². The third-order valence-corrected chi connectivity index (χ3v) is 5.23. The van der Waals surface area contributed by atoms with Gasteiger partial charge < -0.3 is 14.8 Å². The summed E-state index contributed by atoms with van der Waals surface area (Å²) in [7, 11) is 0. The topological polar surface area (TPSA) is 88.2 Å². The van der Waals surface area contributed by atoms with Crippen molar-refractivity contribution in [3.8, 4) is 34.0 Å². The Kier molecular flexibility index (Phi) is 7.41. The summed E-state index contributed by atoms with van der Waals surface area (Å²) in [5.41, 5.74) is 5.96. The number of nitrogens with one attached hydrogen (secondary N) is 1. The molecule has 1 heterocycles. The molecule has 0 saturated heterocycles. The highest BCUT2D eigenvalue weighted by Crippen LogP contribution is 2.32. The molecule has 4 aromatic rings. The van der Waals surface area contributed by atoms with E-state index in [9.17, 15) is 4.79 Å². The molecule has 0 fully saturated rings. The first-order chi connectivity index (χ1) is 15.0. The van der Waals surface area contributed by atoms with Crippen molar-refractivity contribution in [2.24, 2.45) is 0 Å². The van der Waals surface area contributed by atoms with Crippen LogP contribution in [0.15, 0.2) is 77.2 Å². The maximum Gasteiger partial charge on any atom is 0.320 e. The second kappa shape index (κ2) is 10.2. The first kappa shape index (κ1) is 23.2. The molecule has 3 aromatic carbocycles. The van der Waals surface area contributed by atoms with Crippen LogP contribution in [0.4, 0.5) is 0 Å². The van der Waals surface area contributed by atoms with Gasteiger partial charge in [0.1, 0.15) is 6.04 Å². The summed E-state index contributed by atoms with van der Waals surface area (Å²) in [6.45, 7) is 4.10. The number of hydrogen-bond acceptors (Lipinski definition) is 5. The zero-order valence-electron chi connectivity index (χ0n) is 17.8. The Hall–Kier alpha value is -3.48. The van der Waals surface area contributed by atoms with E-state index in [-0.39, 0.29) is 12.4 Å². The zero-order valence-corrected chi connectivity index (χ0v) is 18.6. The van der Waals surface area contributed by atoms with E-state index in [4.69, 9.17) is 9.52 Å². The van der Waals surface area contributed by atoms with Gasteiger partial charge in [-0.05, 0) is 54.3 Å². The quantitative estimate of drug-likeness (QED) is 0.394. The predicted molar refractivity (Wildman–Crippen MR) is 127 cm³/mol. The van der Waals surface area contributed by atoms with Gasteiger partial charge in [0.05, 0.1) is 0 Å². The number of nitrogens with zero attached hydrogens (tertiary/aromatic N) is 2. The SMILES string of the molecule is Cc1c(-c2ccccc2)cccc1-c1nnc(-c2cccc(CN[C@@H](C)C(=O)O)c2)o1.Cl. The van der Waals surface area contributed by atoms with Gasteiger partial charge in [-0.2, -0.15) is 0 Å². The van der Waals surface area contributed by atoms with E-state index >= 15 is 0 Å². The highest BCUT2D eigenvalue weighted by molar-refractivity contribution is 5.85. The molecular formula is C25H24ClN3O3. The van der Waals surface area contributed by atoms with Gasteiger partial charge >= 0.3 is 5.97 Å². The van der Waals surface area contributed by atoms with E-state index in [0.29, 0.717) is 18.3 Å². The standard InChI is InChI=1S/C25H23N3O3.ClH/c1-16-21(19-9-4-3-5-10-19)12-7-13-22(16)24-28-27-23(31-24)20-11-6-8-18(14-20)15-26-17(2)25(29)30;/h3-14,17,26H,15H2,1-2H3,(H,29,30);1H/t17-;/m0./s1. The molecule has 164 valence electrons. The third kappa shape index (κ3) is 5.04. The molecule has 7 heteroatoms. The summed E-state index contributed by atoms with van der Waals surface area (Å²) in [6.07, 6.45) is 0. The van der Waals surface area contributed by atoms with Crippen LogP contribution in [0.25, 0.3) is 34.0 Å². The summed E-state index contributed by atoms with van der Waals surface area (Å²) < 4.78 is 6.01. The van der Waals surface area contributed by atoms with Crippen molar-refractivity contribution in [3.05, 3.63) is 83.9 Å². The summed E-state index contributed by atoms with van der Waals surface area (Å²) in [6, 6.07) is 23.3. The van der Waals surface area contributed by atoms with Gasteiger partial charge in [-0.1, -0.05) is 54.6 Å². The number of hydrogen-bond donors (Lipinski definition) is 2. The Morgan fingerprint density at radius 3 is 2.34 bits per heavy atom. The lowest BCUT2D eigenvalue weighted by molar-refractivity contribution is -0.139. The second-order valence-corrected chi connectivity index (χ2v) is 7.40. The summed E-state index contributed by atoms with van der Waals surface area (Å²) in [5, 5.41) is 20.5. The molecule has 0 aliphatic heterocycles. The van der Waals surface area contributed by atoms with E-state index in [0.717, 1.165) is 33.4 Å². The van der Waals surface area contributed by atoms with Crippen LogP contribution in [0, 0.1) is 6.92 Å². The zero-order chi connectivity index (χ0) is 21.8. The molecule has 1 aromatic heterocycles. The monoisotopic (exact) mass is 449 g/mol. The molecule has 0 bridgehead atoms. The van der Waals surface area contributed by atoms with Gasteiger partial charge in [0.2, 0.25) is 11.8 Å². The van der Waals surface area contributed by atoms with Crippen molar-refractivity contribution < 1.29 is 14.3 Å². The van der Waals surface area contributed by atoms with Gasteiger partial charge in [-0.3, -0.25) is 4.79 Å². The predicted octanol–water partition coefficient (Wildman–Crippen LogP) is 5.36. The molecular weight excluding hydrogens is 426 g/mol. The van der Waals surface area contributed by atoms with Crippen molar-refractivity contribution in [2.45, 2.75) is 26.4 Å². The Balaban J connectivity index is 0.00000289. The van der Waals surface area contributed by atoms with Crippen LogP contribution >= 0.6 is 12.4 Å². The molecule has 6 nitrogen and oxygen atoms in total. The number of carbonyl (C=O) groups is 1. The van der Waals surface area contributed by atoms with Crippen LogP contribution in [0.3, 0.4) is 0 Å².